The second-order valence-corrected chi connectivity index (χ2v) is 4.66. The van der Waals surface area contributed by atoms with Gasteiger partial charge in [0.1, 0.15) is 0 Å². The molecule has 20 heavy (non-hydrogen) atoms. The quantitative estimate of drug-likeness (QED) is 0.861. The van der Waals surface area contributed by atoms with E-state index < -0.39 is 0 Å². The number of ether oxygens (including phenoxy) is 1. The molecule has 1 heterocycles. The zero-order chi connectivity index (χ0) is 14.7. The molecule has 2 aromatic rings. The van der Waals surface area contributed by atoms with E-state index in [0.29, 0.717) is 12.1 Å². The first-order valence-electron chi connectivity index (χ1n) is 6.30. The van der Waals surface area contributed by atoms with Crippen LogP contribution >= 0.6 is 0 Å². The molecule has 0 aliphatic carbocycles. The molecular formula is C14H18N4O2. The fourth-order valence-corrected chi connectivity index (χ4v) is 1.95. The zero-order valence-corrected chi connectivity index (χ0v) is 12.1. The van der Waals surface area contributed by atoms with Crippen molar-refractivity contribution in [2.45, 2.75) is 20.4 Å². The number of rotatable bonds is 4. The molecule has 0 saturated carbocycles. The fraction of sp³-hybridized carbons (Fsp3) is 0.357. The molecule has 6 heteroatoms. The van der Waals surface area contributed by atoms with E-state index >= 15 is 0 Å². The number of hydrogen-bond donors (Lipinski definition) is 1. The molecule has 1 N–H and O–H groups in total. The summed E-state index contributed by atoms with van der Waals surface area (Å²) in [5.41, 5.74) is 4.39. The van der Waals surface area contributed by atoms with Crippen molar-refractivity contribution in [3.05, 3.63) is 40.7 Å². The summed E-state index contributed by atoms with van der Waals surface area (Å²) in [5, 5.41) is 11.0. The average molecular weight is 274 g/mol. The van der Waals surface area contributed by atoms with Crippen LogP contribution in [0.3, 0.4) is 0 Å². The Morgan fingerprint density at radius 1 is 1.40 bits per heavy atom. The van der Waals surface area contributed by atoms with Gasteiger partial charge in [-0.25, -0.2) is 4.79 Å². The minimum absolute atomic E-state index is 0.323. The van der Waals surface area contributed by atoms with E-state index in [2.05, 4.69) is 15.6 Å². The average Bonchev–Trinajstić information content (AvgIpc) is 2.84. The first-order chi connectivity index (χ1) is 9.52. The maximum absolute atomic E-state index is 11.8. The zero-order valence-electron chi connectivity index (χ0n) is 12.1. The van der Waals surface area contributed by atoms with E-state index in [4.69, 9.17) is 4.74 Å². The maximum atomic E-state index is 11.8. The van der Waals surface area contributed by atoms with Gasteiger partial charge in [0, 0.05) is 12.7 Å². The molecule has 0 radical (unpaired) electrons. The Balaban J connectivity index is 2.22. The lowest BCUT2D eigenvalue weighted by Crippen LogP contribution is -2.09. The maximum Gasteiger partial charge on any atom is 0.338 e. The lowest BCUT2D eigenvalue weighted by atomic mass is 10.0. The van der Waals surface area contributed by atoms with Gasteiger partial charge < -0.3 is 10.1 Å². The fourth-order valence-electron chi connectivity index (χ4n) is 1.95. The summed E-state index contributed by atoms with van der Waals surface area (Å²) in [4.78, 5) is 11.8. The summed E-state index contributed by atoms with van der Waals surface area (Å²) in [6, 6.07) is 3.81. The molecule has 0 saturated heterocycles. The molecule has 0 fully saturated rings. The number of carbonyl (C=O) groups is 1. The lowest BCUT2D eigenvalue weighted by Gasteiger charge is -2.12. The van der Waals surface area contributed by atoms with Gasteiger partial charge >= 0.3 is 5.97 Å². The summed E-state index contributed by atoms with van der Waals surface area (Å²) < 4.78 is 6.51. The highest BCUT2D eigenvalue weighted by atomic mass is 16.5. The number of aryl methyl sites for hydroxylation is 2. The van der Waals surface area contributed by atoms with Gasteiger partial charge in [-0.15, -0.1) is 5.10 Å². The largest absolute Gasteiger partial charge is 0.465 e. The number of nitrogens with one attached hydrogen (secondary N) is 1. The molecule has 0 bridgehead atoms. The number of esters is 1. The summed E-state index contributed by atoms with van der Waals surface area (Å²) >= 11 is 0. The molecule has 0 amide bonds. The van der Waals surface area contributed by atoms with Crippen molar-refractivity contribution >= 4 is 11.7 Å². The third kappa shape index (κ3) is 2.79. The van der Waals surface area contributed by atoms with Crippen molar-refractivity contribution < 1.29 is 9.53 Å². The van der Waals surface area contributed by atoms with Crippen LogP contribution < -0.4 is 5.32 Å². The van der Waals surface area contributed by atoms with Crippen LogP contribution in [0, 0.1) is 13.8 Å². The molecule has 1 aromatic carbocycles. The van der Waals surface area contributed by atoms with Crippen LogP contribution in [0.4, 0.5) is 5.69 Å². The topological polar surface area (TPSA) is 69.0 Å². The van der Waals surface area contributed by atoms with Crippen LogP contribution in [0.5, 0.6) is 0 Å². The standard InChI is InChI=1S/C14H18N4O2/c1-9-5-11(6-13(10(9)2)14(19)20-4)15-7-12-8-16-17-18(12)3/h5-6,8,15H,7H2,1-4H3. The van der Waals surface area contributed by atoms with Gasteiger partial charge in [0.25, 0.3) is 0 Å². The molecule has 106 valence electrons. The number of anilines is 1. The minimum atomic E-state index is -0.323. The van der Waals surface area contributed by atoms with E-state index in [9.17, 15) is 4.79 Å². The Hall–Kier alpha value is -2.37. The second kappa shape index (κ2) is 5.73. The van der Waals surface area contributed by atoms with Gasteiger partial charge in [-0.1, -0.05) is 5.21 Å². The Labute approximate surface area is 117 Å². The Bertz CT molecular complexity index is 634. The number of nitrogens with zero attached hydrogens (tertiary/aromatic N) is 3. The molecule has 6 nitrogen and oxygen atoms in total. The third-order valence-corrected chi connectivity index (χ3v) is 3.35. The monoisotopic (exact) mass is 274 g/mol. The van der Waals surface area contributed by atoms with Gasteiger partial charge in [0.2, 0.25) is 0 Å². The number of carbonyl (C=O) groups excluding carboxylic acids is 1. The number of benzene rings is 1. The molecule has 2 rings (SSSR count). The summed E-state index contributed by atoms with van der Waals surface area (Å²) in [6.07, 6.45) is 1.70. The predicted octanol–water partition coefficient (Wildman–Crippen LogP) is 1.83. The number of hydrogen-bond acceptors (Lipinski definition) is 5. The van der Waals surface area contributed by atoms with Crippen LogP contribution in [0.2, 0.25) is 0 Å². The molecule has 0 aliphatic rings. The Kier molecular flexibility index (Phi) is 4.02. The normalized spacial score (nSPS) is 10.4. The van der Waals surface area contributed by atoms with E-state index in [1.807, 2.05) is 27.0 Å². The first-order valence-corrected chi connectivity index (χ1v) is 6.30. The van der Waals surface area contributed by atoms with Crippen molar-refractivity contribution in [3.63, 3.8) is 0 Å². The first kappa shape index (κ1) is 14.0. The molecule has 0 spiro atoms. The molecular weight excluding hydrogens is 256 g/mol. The van der Waals surface area contributed by atoms with Crippen LogP contribution in [-0.2, 0) is 18.3 Å². The minimum Gasteiger partial charge on any atom is -0.465 e. The Morgan fingerprint density at radius 2 is 2.15 bits per heavy atom. The van der Waals surface area contributed by atoms with E-state index in [0.717, 1.165) is 22.5 Å². The predicted molar refractivity (Wildman–Crippen MR) is 75.6 cm³/mol. The van der Waals surface area contributed by atoms with Crippen molar-refractivity contribution in [1.29, 1.82) is 0 Å². The molecule has 0 unspecified atom stereocenters. The molecule has 0 atom stereocenters. The Morgan fingerprint density at radius 3 is 2.75 bits per heavy atom. The number of methoxy groups -OCH3 is 1. The van der Waals surface area contributed by atoms with Gasteiger partial charge in [-0.05, 0) is 37.1 Å². The number of aromatic nitrogens is 3. The van der Waals surface area contributed by atoms with Gasteiger partial charge in [-0.3, -0.25) is 4.68 Å². The summed E-state index contributed by atoms with van der Waals surface area (Å²) in [5.74, 6) is -0.323. The van der Waals surface area contributed by atoms with Crippen LogP contribution in [0.25, 0.3) is 0 Å². The summed E-state index contributed by atoms with van der Waals surface area (Å²) in [7, 11) is 3.22. The van der Waals surface area contributed by atoms with Gasteiger partial charge in [0.15, 0.2) is 0 Å². The van der Waals surface area contributed by atoms with Crippen molar-refractivity contribution in [1.82, 2.24) is 15.0 Å². The van der Waals surface area contributed by atoms with E-state index in [1.165, 1.54) is 7.11 Å². The second-order valence-electron chi connectivity index (χ2n) is 4.66. The van der Waals surface area contributed by atoms with E-state index in [-0.39, 0.29) is 5.97 Å². The molecule has 1 aromatic heterocycles. The highest BCUT2D eigenvalue weighted by molar-refractivity contribution is 5.92. The van der Waals surface area contributed by atoms with Crippen molar-refractivity contribution in [2.24, 2.45) is 7.05 Å². The smallest absolute Gasteiger partial charge is 0.338 e. The van der Waals surface area contributed by atoms with Crippen LogP contribution in [0.15, 0.2) is 18.3 Å². The highest BCUT2D eigenvalue weighted by Crippen LogP contribution is 2.21. The van der Waals surface area contributed by atoms with E-state index in [1.54, 1.807) is 16.9 Å². The van der Waals surface area contributed by atoms with Gasteiger partial charge in [0.05, 0.1) is 31.1 Å². The molecule has 0 aliphatic heterocycles. The third-order valence-electron chi connectivity index (χ3n) is 3.35. The lowest BCUT2D eigenvalue weighted by molar-refractivity contribution is 0.0600. The van der Waals surface area contributed by atoms with Crippen molar-refractivity contribution in [2.75, 3.05) is 12.4 Å². The summed E-state index contributed by atoms with van der Waals surface area (Å²) in [6.45, 7) is 4.47. The van der Waals surface area contributed by atoms with Crippen molar-refractivity contribution in [3.8, 4) is 0 Å². The van der Waals surface area contributed by atoms with Crippen LogP contribution in [0.1, 0.15) is 27.2 Å². The van der Waals surface area contributed by atoms with Gasteiger partial charge in [-0.2, -0.15) is 0 Å². The SMILES string of the molecule is COC(=O)c1cc(NCc2cnnn2C)cc(C)c1C. The van der Waals surface area contributed by atoms with Crippen LogP contribution in [-0.4, -0.2) is 28.1 Å². The highest BCUT2D eigenvalue weighted by Gasteiger charge is 2.12.